The average molecular weight is 324 g/mol. The van der Waals surface area contributed by atoms with Crippen LogP contribution in [-0.2, 0) is 4.79 Å². The summed E-state index contributed by atoms with van der Waals surface area (Å²) < 4.78 is 1.83. The van der Waals surface area contributed by atoms with Crippen LogP contribution in [-0.4, -0.2) is 21.7 Å². The lowest BCUT2D eigenvalue weighted by molar-refractivity contribution is -0.127. The van der Waals surface area contributed by atoms with E-state index in [1.54, 1.807) is 6.20 Å². The van der Waals surface area contributed by atoms with Gasteiger partial charge in [-0.1, -0.05) is 18.2 Å². The first kappa shape index (κ1) is 15.4. The molecule has 126 valence electrons. The van der Waals surface area contributed by atoms with Crippen molar-refractivity contribution in [2.45, 2.75) is 38.3 Å². The number of rotatable bonds is 4. The number of hydrogen-bond acceptors (Lipinski definition) is 3. The predicted octanol–water partition coefficient (Wildman–Crippen LogP) is 2.42. The standard InChI is InChI=1S/C19H24N4O/c1-12(15-5-2-3-6-16(15)23-10-4-9-21-23)22-19(24)17-13-7-8-14(11-13)18(17)20/h2-6,9-10,12-14,17-18H,7-8,11,20H2,1H3,(H,22,24). The average Bonchev–Trinajstić information content (AvgIpc) is 3.32. The van der Waals surface area contributed by atoms with Gasteiger partial charge in [0.1, 0.15) is 0 Å². The van der Waals surface area contributed by atoms with E-state index < -0.39 is 0 Å². The third-order valence-electron chi connectivity index (χ3n) is 5.80. The monoisotopic (exact) mass is 324 g/mol. The molecule has 1 aromatic carbocycles. The summed E-state index contributed by atoms with van der Waals surface area (Å²) in [7, 11) is 0. The van der Waals surface area contributed by atoms with Crippen LogP contribution in [0.25, 0.3) is 5.69 Å². The summed E-state index contributed by atoms with van der Waals surface area (Å²) in [5, 5.41) is 7.51. The van der Waals surface area contributed by atoms with Crippen molar-refractivity contribution in [1.82, 2.24) is 15.1 Å². The van der Waals surface area contributed by atoms with Gasteiger partial charge < -0.3 is 11.1 Å². The Morgan fingerprint density at radius 3 is 2.79 bits per heavy atom. The van der Waals surface area contributed by atoms with Crippen LogP contribution in [0.5, 0.6) is 0 Å². The number of carbonyl (C=O) groups excluding carboxylic acids is 1. The van der Waals surface area contributed by atoms with Gasteiger partial charge in [-0.2, -0.15) is 5.10 Å². The highest BCUT2D eigenvalue weighted by Gasteiger charge is 2.49. The van der Waals surface area contributed by atoms with Crippen molar-refractivity contribution >= 4 is 5.91 Å². The van der Waals surface area contributed by atoms with Gasteiger partial charge >= 0.3 is 0 Å². The van der Waals surface area contributed by atoms with Gasteiger partial charge in [-0.05, 0) is 55.7 Å². The molecule has 5 heteroatoms. The number of para-hydroxylation sites is 1. The van der Waals surface area contributed by atoms with E-state index in [1.165, 1.54) is 6.42 Å². The van der Waals surface area contributed by atoms with Gasteiger partial charge in [0.2, 0.25) is 5.91 Å². The molecule has 2 aromatic rings. The van der Waals surface area contributed by atoms with Gasteiger partial charge in [-0.25, -0.2) is 4.68 Å². The molecule has 2 saturated carbocycles. The van der Waals surface area contributed by atoms with Gasteiger partial charge in [0, 0.05) is 18.4 Å². The molecular weight excluding hydrogens is 300 g/mol. The number of amides is 1. The highest BCUT2D eigenvalue weighted by atomic mass is 16.2. The molecule has 5 unspecified atom stereocenters. The Labute approximate surface area is 142 Å². The van der Waals surface area contributed by atoms with Crippen LogP contribution < -0.4 is 11.1 Å². The summed E-state index contributed by atoms with van der Waals surface area (Å²) in [6.07, 6.45) is 7.13. The van der Waals surface area contributed by atoms with Crippen molar-refractivity contribution in [2.24, 2.45) is 23.5 Å². The van der Waals surface area contributed by atoms with E-state index in [0.29, 0.717) is 11.8 Å². The van der Waals surface area contributed by atoms with Gasteiger partial charge in [0.15, 0.2) is 0 Å². The number of nitrogens with one attached hydrogen (secondary N) is 1. The van der Waals surface area contributed by atoms with Crippen molar-refractivity contribution in [3.8, 4) is 5.69 Å². The second-order valence-electron chi connectivity index (χ2n) is 7.18. The maximum absolute atomic E-state index is 12.8. The first-order valence-electron chi connectivity index (χ1n) is 8.80. The fourth-order valence-electron chi connectivity index (χ4n) is 4.59. The minimum absolute atomic E-state index is 0.0249. The molecule has 0 saturated heterocycles. The van der Waals surface area contributed by atoms with Crippen molar-refractivity contribution in [3.05, 3.63) is 48.3 Å². The molecule has 24 heavy (non-hydrogen) atoms. The summed E-state index contributed by atoms with van der Waals surface area (Å²) in [5.74, 6) is 1.09. The molecule has 1 heterocycles. The fraction of sp³-hybridized carbons (Fsp3) is 0.474. The number of aromatic nitrogens is 2. The Hall–Kier alpha value is -2.14. The fourth-order valence-corrected chi connectivity index (χ4v) is 4.59. The summed E-state index contributed by atoms with van der Waals surface area (Å²) in [5.41, 5.74) is 8.37. The Bertz CT molecular complexity index is 725. The smallest absolute Gasteiger partial charge is 0.225 e. The van der Waals surface area contributed by atoms with E-state index in [-0.39, 0.29) is 23.9 Å². The minimum atomic E-state index is -0.0794. The molecule has 5 atom stereocenters. The zero-order valence-corrected chi connectivity index (χ0v) is 13.9. The topological polar surface area (TPSA) is 72.9 Å². The van der Waals surface area contributed by atoms with Gasteiger partial charge in [-0.3, -0.25) is 4.79 Å². The van der Waals surface area contributed by atoms with Gasteiger partial charge in [0.25, 0.3) is 0 Å². The summed E-state index contributed by atoms with van der Waals surface area (Å²) in [6.45, 7) is 2.03. The maximum atomic E-state index is 12.8. The number of nitrogens with two attached hydrogens (primary N) is 1. The number of nitrogens with zero attached hydrogens (tertiary/aromatic N) is 2. The molecule has 0 spiro atoms. The third kappa shape index (κ3) is 2.53. The molecule has 2 bridgehead atoms. The van der Waals surface area contributed by atoms with Crippen LogP contribution in [0.1, 0.15) is 37.8 Å². The third-order valence-corrected chi connectivity index (χ3v) is 5.80. The number of carbonyl (C=O) groups is 1. The predicted molar refractivity (Wildman–Crippen MR) is 92.4 cm³/mol. The van der Waals surface area contributed by atoms with E-state index in [0.717, 1.165) is 24.1 Å². The Balaban J connectivity index is 1.53. The number of benzene rings is 1. The van der Waals surface area contributed by atoms with Gasteiger partial charge in [-0.15, -0.1) is 0 Å². The molecule has 2 aliphatic carbocycles. The molecule has 0 aliphatic heterocycles. The van der Waals surface area contributed by atoms with Crippen molar-refractivity contribution < 1.29 is 4.79 Å². The van der Waals surface area contributed by atoms with Gasteiger partial charge in [0.05, 0.1) is 17.6 Å². The molecule has 0 radical (unpaired) electrons. The Kier molecular flexibility index (Phi) is 3.88. The van der Waals surface area contributed by atoms with Crippen LogP contribution in [0, 0.1) is 17.8 Å². The van der Waals surface area contributed by atoms with Crippen molar-refractivity contribution in [3.63, 3.8) is 0 Å². The number of fused-ring (bicyclic) bond motifs is 2. The Morgan fingerprint density at radius 2 is 2.08 bits per heavy atom. The van der Waals surface area contributed by atoms with E-state index in [2.05, 4.69) is 10.4 Å². The molecule has 2 fully saturated rings. The van der Waals surface area contributed by atoms with Crippen LogP contribution in [0.2, 0.25) is 0 Å². The van der Waals surface area contributed by atoms with Crippen molar-refractivity contribution in [2.75, 3.05) is 0 Å². The summed E-state index contributed by atoms with van der Waals surface area (Å²) in [6, 6.07) is 9.89. The lowest BCUT2D eigenvalue weighted by Crippen LogP contribution is -2.45. The molecular formula is C19H24N4O. The lowest BCUT2D eigenvalue weighted by Gasteiger charge is -2.28. The molecule has 2 aliphatic rings. The molecule has 1 aromatic heterocycles. The minimum Gasteiger partial charge on any atom is -0.349 e. The SMILES string of the molecule is CC(NC(=O)C1C2CCC(C2)C1N)c1ccccc1-n1cccn1. The molecule has 3 N–H and O–H groups in total. The highest BCUT2D eigenvalue weighted by Crippen LogP contribution is 2.47. The van der Waals surface area contributed by atoms with Crippen molar-refractivity contribution in [1.29, 1.82) is 0 Å². The quantitative estimate of drug-likeness (QED) is 0.907. The van der Waals surface area contributed by atoms with Crippen LogP contribution >= 0.6 is 0 Å². The van der Waals surface area contributed by atoms with Crippen LogP contribution in [0.3, 0.4) is 0 Å². The zero-order valence-electron chi connectivity index (χ0n) is 13.9. The van der Waals surface area contributed by atoms with E-state index >= 15 is 0 Å². The van der Waals surface area contributed by atoms with Crippen LogP contribution in [0.15, 0.2) is 42.7 Å². The highest BCUT2D eigenvalue weighted by molar-refractivity contribution is 5.81. The summed E-state index contributed by atoms with van der Waals surface area (Å²) >= 11 is 0. The molecule has 4 rings (SSSR count). The second kappa shape index (κ2) is 6.06. The zero-order chi connectivity index (χ0) is 16.7. The Morgan fingerprint density at radius 1 is 1.29 bits per heavy atom. The molecule has 1 amide bonds. The van der Waals surface area contributed by atoms with E-state index in [9.17, 15) is 4.79 Å². The molecule has 5 nitrogen and oxygen atoms in total. The normalized spacial score (nSPS) is 29.6. The van der Waals surface area contributed by atoms with Crippen LogP contribution in [0.4, 0.5) is 0 Å². The van der Waals surface area contributed by atoms with E-state index in [4.69, 9.17) is 5.73 Å². The first-order valence-corrected chi connectivity index (χ1v) is 8.80. The largest absolute Gasteiger partial charge is 0.349 e. The number of hydrogen-bond donors (Lipinski definition) is 2. The summed E-state index contributed by atoms with van der Waals surface area (Å²) in [4.78, 5) is 12.8. The lowest BCUT2D eigenvalue weighted by atomic mass is 9.84. The maximum Gasteiger partial charge on any atom is 0.225 e. The first-order chi connectivity index (χ1) is 11.6. The van der Waals surface area contributed by atoms with E-state index in [1.807, 2.05) is 48.1 Å². The second-order valence-corrected chi connectivity index (χ2v) is 7.18.